The number of carboxylic acid groups (broad SMARTS) is 1. The molecule has 0 aliphatic heterocycles. The molecule has 0 aliphatic carbocycles. The van der Waals surface area contributed by atoms with Crippen LogP contribution in [0.5, 0.6) is 0 Å². The molecule has 1 amide bonds. The SMILES string of the molecule is C=CCNCC(=O)Nc1ccc(C(=O)O)cc1F. The highest BCUT2D eigenvalue weighted by molar-refractivity contribution is 5.93. The van der Waals surface area contributed by atoms with Gasteiger partial charge in [-0.15, -0.1) is 6.58 Å². The highest BCUT2D eigenvalue weighted by Gasteiger charge is 2.10. The fourth-order valence-corrected chi connectivity index (χ4v) is 1.23. The van der Waals surface area contributed by atoms with Crippen LogP contribution in [0.4, 0.5) is 10.1 Å². The summed E-state index contributed by atoms with van der Waals surface area (Å²) in [6.07, 6.45) is 1.59. The maximum atomic E-state index is 13.4. The molecule has 0 spiro atoms. The zero-order valence-corrected chi connectivity index (χ0v) is 9.57. The van der Waals surface area contributed by atoms with Crippen LogP contribution in [0.15, 0.2) is 30.9 Å². The third-order valence-electron chi connectivity index (χ3n) is 2.06. The van der Waals surface area contributed by atoms with Crippen molar-refractivity contribution < 1.29 is 19.1 Å². The molecule has 0 heterocycles. The number of rotatable bonds is 6. The number of amides is 1. The lowest BCUT2D eigenvalue weighted by atomic mass is 10.2. The van der Waals surface area contributed by atoms with Gasteiger partial charge in [-0.2, -0.15) is 0 Å². The topological polar surface area (TPSA) is 78.4 Å². The van der Waals surface area contributed by atoms with Gasteiger partial charge >= 0.3 is 5.97 Å². The van der Waals surface area contributed by atoms with E-state index in [0.29, 0.717) is 6.54 Å². The van der Waals surface area contributed by atoms with Gasteiger partial charge in [0.1, 0.15) is 5.82 Å². The highest BCUT2D eigenvalue weighted by Crippen LogP contribution is 2.15. The lowest BCUT2D eigenvalue weighted by Crippen LogP contribution is -2.28. The van der Waals surface area contributed by atoms with Crippen molar-refractivity contribution in [2.24, 2.45) is 0 Å². The van der Waals surface area contributed by atoms with Crippen molar-refractivity contribution in [2.75, 3.05) is 18.4 Å². The summed E-state index contributed by atoms with van der Waals surface area (Å²) in [6.45, 7) is 3.96. The molecule has 3 N–H and O–H groups in total. The second-order valence-electron chi connectivity index (χ2n) is 3.47. The largest absolute Gasteiger partial charge is 0.478 e. The molecule has 0 saturated carbocycles. The molecule has 0 atom stereocenters. The number of halogens is 1. The van der Waals surface area contributed by atoms with Crippen LogP contribution in [-0.4, -0.2) is 30.1 Å². The molecule has 0 unspecified atom stereocenters. The summed E-state index contributed by atoms with van der Waals surface area (Å²) in [5.74, 6) is -2.43. The predicted molar refractivity (Wildman–Crippen MR) is 65.1 cm³/mol. The van der Waals surface area contributed by atoms with E-state index in [9.17, 15) is 14.0 Å². The maximum absolute atomic E-state index is 13.4. The van der Waals surface area contributed by atoms with E-state index < -0.39 is 17.7 Å². The van der Waals surface area contributed by atoms with Crippen molar-refractivity contribution in [3.8, 4) is 0 Å². The van der Waals surface area contributed by atoms with Gasteiger partial charge in [-0.25, -0.2) is 9.18 Å². The van der Waals surface area contributed by atoms with Gasteiger partial charge < -0.3 is 15.7 Å². The summed E-state index contributed by atoms with van der Waals surface area (Å²) in [7, 11) is 0. The highest BCUT2D eigenvalue weighted by atomic mass is 19.1. The molecule has 0 bridgehead atoms. The zero-order chi connectivity index (χ0) is 13.5. The number of hydrogen-bond donors (Lipinski definition) is 3. The summed E-state index contributed by atoms with van der Waals surface area (Å²) in [5, 5.41) is 13.7. The second-order valence-corrected chi connectivity index (χ2v) is 3.47. The Kier molecular flexibility index (Phi) is 5.01. The van der Waals surface area contributed by atoms with E-state index in [-0.39, 0.29) is 17.8 Å². The minimum atomic E-state index is -1.22. The van der Waals surface area contributed by atoms with Crippen LogP contribution in [0.2, 0.25) is 0 Å². The maximum Gasteiger partial charge on any atom is 0.335 e. The zero-order valence-electron chi connectivity index (χ0n) is 9.57. The summed E-state index contributed by atoms with van der Waals surface area (Å²) in [5.41, 5.74) is -0.222. The first-order valence-corrected chi connectivity index (χ1v) is 5.19. The Morgan fingerprint density at radius 2 is 2.17 bits per heavy atom. The quantitative estimate of drug-likeness (QED) is 0.525. The van der Waals surface area contributed by atoms with Crippen molar-refractivity contribution >= 4 is 17.6 Å². The molecule has 6 heteroatoms. The Bertz CT molecular complexity index is 474. The van der Waals surface area contributed by atoms with Crippen LogP contribution < -0.4 is 10.6 Å². The van der Waals surface area contributed by atoms with Crippen molar-refractivity contribution in [3.05, 3.63) is 42.2 Å². The number of aromatic carboxylic acids is 1. The van der Waals surface area contributed by atoms with Gasteiger partial charge in [0.25, 0.3) is 0 Å². The van der Waals surface area contributed by atoms with E-state index in [0.717, 1.165) is 6.07 Å². The van der Waals surface area contributed by atoms with Gasteiger partial charge in [0, 0.05) is 6.54 Å². The molecule has 0 saturated heterocycles. The third-order valence-corrected chi connectivity index (χ3v) is 2.06. The molecule has 0 aromatic heterocycles. The number of benzene rings is 1. The molecule has 18 heavy (non-hydrogen) atoms. The molecule has 0 aliphatic rings. The van der Waals surface area contributed by atoms with E-state index in [1.807, 2.05) is 0 Å². The average molecular weight is 252 g/mol. The fourth-order valence-electron chi connectivity index (χ4n) is 1.23. The monoisotopic (exact) mass is 252 g/mol. The van der Waals surface area contributed by atoms with Gasteiger partial charge in [-0.3, -0.25) is 4.79 Å². The standard InChI is InChI=1S/C12H13FN2O3/c1-2-5-14-7-11(16)15-10-4-3-8(12(17)18)6-9(10)13/h2-4,6,14H,1,5,7H2,(H,15,16)(H,17,18). The Balaban J connectivity index is 2.65. The minimum absolute atomic E-state index is 0.0200. The van der Waals surface area contributed by atoms with Crippen LogP contribution in [0.1, 0.15) is 10.4 Å². The van der Waals surface area contributed by atoms with Gasteiger partial charge in [-0.05, 0) is 18.2 Å². The van der Waals surface area contributed by atoms with Gasteiger partial charge in [0.2, 0.25) is 5.91 Å². The van der Waals surface area contributed by atoms with E-state index >= 15 is 0 Å². The molecule has 96 valence electrons. The number of carbonyl (C=O) groups is 2. The van der Waals surface area contributed by atoms with Crippen molar-refractivity contribution in [2.45, 2.75) is 0 Å². The van der Waals surface area contributed by atoms with E-state index in [1.165, 1.54) is 12.1 Å². The smallest absolute Gasteiger partial charge is 0.335 e. The first kappa shape index (κ1) is 13.9. The minimum Gasteiger partial charge on any atom is -0.478 e. The summed E-state index contributed by atoms with van der Waals surface area (Å²) >= 11 is 0. The molecule has 1 rings (SSSR count). The molecule has 1 aromatic rings. The molecule has 0 radical (unpaired) electrons. The number of anilines is 1. The number of hydrogen-bond acceptors (Lipinski definition) is 3. The number of carbonyl (C=O) groups excluding carboxylic acids is 1. The Labute approximate surface area is 103 Å². The molecular formula is C12H13FN2O3. The lowest BCUT2D eigenvalue weighted by molar-refractivity contribution is -0.115. The van der Waals surface area contributed by atoms with Gasteiger partial charge in [-0.1, -0.05) is 6.08 Å². The van der Waals surface area contributed by atoms with Crippen molar-refractivity contribution in [1.82, 2.24) is 5.32 Å². The van der Waals surface area contributed by atoms with Crippen LogP contribution in [0, 0.1) is 5.82 Å². The van der Waals surface area contributed by atoms with Crippen LogP contribution in [0.3, 0.4) is 0 Å². The van der Waals surface area contributed by atoms with Crippen LogP contribution >= 0.6 is 0 Å². The number of carboxylic acids is 1. The van der Waals surface area contributed by atoms with Crippen molar-refractivity contribution in [1.29, 1.82) is 0 Å². The van der Waals surface area contributed by atoms with Gasteiger partial charge in [0.05, 0.1) is 17.8 Å². The fraction of sp³-hybridized carbons (Fsp3) is 0.167. The summed E-state index contributed by atoms with van der Waals surface area (Å²) in [4.78, 5) is 22.0. The predicted octanol–water partition coefficient (Wildman–Crippen LogP) is 1.24. The molecular weight excluding hydrogens is 239 g/mol. The van der Waals surface area contributed by atoms with Crippen LogP contribution in [-0.2, 0) is 4.79 Å². The van der Waals surface area contributed by atoms with Crippen LogP contribution in [0.25, 0.3) is 0 Å². The number of nitrogens with one attached hydrogen (secondary N) is 2. The average Bonchev–Trinajstić information content (AvgIpc) is 2.32. The van der Waals surface area contributed by atoms with E-state index in [2.05, 4.69) is 17.2 Å². The summed E-state index contributed by atoms with van der Waals surface area (Å²) in [6, 6.07) is 3.29. The Hall–Kier alpha value is -2.21. The van der Waals surface area contributed by atoms with Gasteiger partial charge in [0.15, 0.2) is 0 Å². The molecule has 0 fully saturated rings. The Morgan fingerprint density at radius 3 is 2.72 bits per heavy atom. The Morgan fingerprint density at radius 1 is 1.44 bits per heavy atom. The molecule has 1 aromatic carbocycles. The lowest BCUT2D eigenvalue weighted by Gasteiger charge is -2.07. The summed E-state index contributed by atoms with van der Waals surface area (Å²) < 4.78 is 13.4. The normalized spacial score (nSPS) is 9.83. The van der Waals surface area contributed by atoms with Crippen molar-refractivity contribution in [3.63, 3.8) is 0 Å². The molecule has 5 nitrogen and oxygen atoms in total. The second kappa shape index (κ2) is 6.51. The third kappa shape index (κ3) is 3.99. The van der Waals surface area contributed by atoms with E-state index in [1.54, 1.807) is 6.08 Å². The first-order valence-electron chi connectivity index (χ1n) is 5.19. The van der Waals surface area contributed by atoms with E-state index in [4.69, 9.17) is 5.11 Å². The first-order chi connectivity index (χ1) is 8.54.